The molecule has 1 aliphatic heterocycles. The number of nitrogens with zero attached hydrogens (tertiary/aromatic N) is 2. The average Bonchev–Trinajstić information content (AvgIpc) is 2.23. The van der Waals surface area contributed by atoms with Crippen LogP contribution in [0.1, 0.15) is 19.8 Å². The summed E-state index contributed by atoms with van der Waals surface area (Å²) in [5, 5.41) is 13.2. The van der Waals surface area contributed by atoms with Crippen molar-refractivity contribution in [3.63, 3.8) is 0 Å². The van der Waals surface area contributed by atoms with Gasteiger partial charge in [0.2, 0.25) is 0 Å². The number of aliphatic hydroxyl groups is 1. The van der Waals surface area contributed by atoms with Crippen molar-refractivity contribution in [2.75, 3.05) is 47.4 Å². The van der Waals surface area contributed by atoms with E-state index in [-0.39, 0.29) is 12.1 Å². The highest BCUT2D eigenvalue weighted by Crippen LogP contribution is 2.25. The van der Waals surface area contributed by atoms with Gasteiger partial charge < -0.3 is 20.2 Å². The smallest absolute Gasteiger partial charge is 0.0614 e. The van der Waals surface area contributed by atoms with Crippen molar-refractivity contribution in [3.05, 3.63) is 0 Å². The van der Waals surface area contributed by atoms with E-state index < -0.39 is 0 Å². The maximum absolute atomic E-state index is 9.62. The fourth-order valence-electron chi connectivity index (χ4n) is 2.34. The van der Waals surface area contributed by atoms with Gasteiger partial charge in [0.15, 0.2) is 0 Å². The maximum Gasteiger partial charge on any atom is 0.0614 e. The molecule has 4 nitrogen and oxygen atoms in total. The second-order valence-corrected chi connectivity index (χ2v) is 5.45. The van der Waals surface area contributed by atoms with Crippen LogP contribution < -0.4 is 5.32 Å². The number of likely N-dealkylation sites (tertiary alicyclic amines) is 1. The first-order valence-corrected chi connectivity index (χ1v) is 6.20. The summed E-state index contributed by atoms with van der Waals surface area (Å²) in [4.78, 5) is 4.53. The van der Waals surface area contributed by atoms with Crippen molar-refractivity contribution in [1.82, 2.24) is 15.1 Å². The largest absolute Gasteiger partial charge is 0.394 e. The summed E-state index contributed by atoms with van der Waals surface area (Å²) in [7, 11) is 6.31. The SMILES string of the molecule is CC1CC(CO)(NCCN(C)C)CCN1C. The van der Waals surface area contributed by atoms with Crippen LogP contribution in [0, 0.1) is 0 Å². The van der Waals surface area contributed by atoms with Crippen molar-refractivity contribution in [3.8, 4) is 0 Å². The number of rotatable bonds is 5. The number of aliphatic hydroxyl groups excluding tert-OH is 1. The molecule has 1 fully saturated rings. The van der Waals surface area contributed by atoms with E-state index in [0.29, 0.717) is 6.04 Å². The molecule has 0 aromatic carbocycles. The summed E-state index contributed by atoms with van der Waals surface area (Å²) >= 11 is 0. The van der Waals surface area contributed by atoms with Crippen LogP contribution in [-0.4, -0.2) is 73.9 Å². The number of piperidine rings is 1. The van der Waals surface area contributed by atoms with Crippen molar-refractivity contribution < 1.29 is 5.11 Å². The Kier molecular flexibility index (Phi) is 5.18. The molecule has 4 heteroatoms. The van der Waals surface area contributed by atoms with Crippen molar-refractivity contribution >= 4 is 0 Å². The Bertz CT molecular complexity index is 210. The van der Waals surface area contributed by atoms with E-state index in [0.717, 1.165) is 32.5 Å². The molecule has 2 atom stereocenters. The zero-order chi connectivity index (χ0) is 12.2. The van der Waals surface area contributed by atoms with E-state index in [4.69, 9.17) is 0 Å². The number of nitrogens with one attached hydrogen (secondary N) is 1. The molecule has 0 radical (unpaired) electrons. The van der Waals surface area contributed by atoms with Crippen LogP contribution >= 0.6 is 0 Å². The molecule has 1 saturated heterocycles. The highest BCUT2D eigenvalue weighted by atomic mass is 16.3. The Morgan fingerprint density at radius 1 is 1.50 bits per heavy atom. The minimum Gasteiger partial charge on any atom is -0.394 e. The van der Waals surface area contributed by atoms with Crippen LogP contribution in [0.15, 0.2) is 0 Å². The predicted octanol–water partition coefficient (Wildman–Crippen LogP) is -0.0172. The second-order valence-electron chi connectivity index (χ2n) is 5.45. The Morgan fingerprint density at radius 2 is 2.19 bits per heavy atom. The van der Waals surface area contributed by atoms with Gasteiger partial charge >= 0.3 is 0 Å². The van der Waals surface area contributed by atoms with Crippen LogP contribution in [-0.2, 0) is 0 Å². The van der Waals surface area contributed by atoms with Crippen molar-refractivity contribution in [2.24, 2.45) is 0 Å². The highest BCUT2D eigenvalue weighted by molar-refractivity contribution is 4.95. The lowest BCUT2D eigenvalue weighted by molar-refractivity contribution is 0.0583. The molecule has 0 spiro atoms. The lowest BCUT2D eigenvalue weighted by atomic mass is 9.84. The molecule has 96 valence electrons. The molecule has 0 saturated carbocycles. The van der Waals surface area contributed by atoms with Gasteiger partial charge in [0.25, 0.3) is 0 Å². The fraction of sp³-hybridized carbons (Fsp3) is 1.00. The quantitative estimate of drug-likeness (QED) is 0.695. The van der Waals surface area contributed by atoms with Gasteiger partial charge in [-0.05, 0) is 47.5 Å². The molecule has 16 heavy (non-hydrogen) atoms. The molecule has 1 aliphatic rings. The Labute approximate surface area is 99.6 Å². The third-order valence-electron chi connectivity index (χ3n) is 3.74. The number of hydrogen-bond donors (Lipinski definition) is 2. The van der Waals surface area contributed by atoms with E-state index in [9.17, 15) is 5.11 Å². The number of likely N-dealkylation sites (N-methyl/N-ethyl adjacent to an activating group) is 1. The zero-order valence-corrected chi connectivity index (χ0v) is 11.2. The van der Waals surface area contributed by atoms with Gasteiger partial charge in [-0.2, -0.15) is 0 Å². The monoisotopic (exact) mass is 229 g/mol. The van der Waals surface area contributed by atoms with Gasteiger partial charge in [-0.3, -0.25) is 0 Å². The molecule has 0 aromatic heterocycles. The summed E-state index contributed by atoms with van der Waals surface area (Å²) in [6.07, 6.45) is 2.07. The minimum atomic E-state index is -0.0536. The summed E-state index contributed by atoms with van der Waals surface area (Å²) in [6, 6.07) is 0.549. The molecular weight excluding hydrogens is 202 g/mol. The van der Waals surface area contributed by atoms with E-state index in [1.807, 2.05) is 0 Å². The molecule has 0 amide bonds. The fourth-order valence-corrected chi connectivity index (χ4v) is 2.34. The van der Waals surface area contributed by atoms with E-state index in [1.165, 1.54) is 0 Å². The topological polar surface area (TPSA) is 38.7 Å². The first-order chi connectivity index (χ1) is 7.49. The van der Waals surface area contributed by atoms with Gasteiger partial charge in [-0.1, -0.05) is 0 Å². The normalized spacial score (nSPS) is 32.2. The van der Waals surface area contributed by atoms with Crippen LogP contribution in [0.2, 0.25) is 0 Å². The first kappa shape index (κ1) is 13.9. The van der Waals surface area contributed by atoms with Crippen molar-refractivity contribution in [2.45, 2.75) is 31.3 Å². The molecule has 0 aromatic rings. The van der Waals surface area contributed by atoms with Crippen LogP contribution in [0.25, 0.3) is 0 Å². The molecule has 0 bridgehead atoms. The van der Waals surface area contributed by atoms with Crippen LogP contribution in [0.3, 0.4) is 0 Å². The molecule has 2 N–H and O–H groups in total. The third-order valence-corrected chi connectivity index (χ3v) is 3.74. The number of hydrogen-bond acceptors (Lipinski definition) is 4. The van der Waals surface area contributed by atoms with Crippen molar-refractivity contribution in [1.29, 1.82) is 0 Å². The van der Waals surface area contributed by atoms with Crippen LogP contribution in [0.5, 0.6) is 0 Å². The Hall–Kier alpha value is -0.160. The van der Waals surface area contributed by atoms with Gasteiger partial charge in [0.1, 0.15) is 0 Å². The summed E-state index contributed by atoms with van der Waals surface area (Å²) in [5.74, 6) is 0. The van der Waals surface area contributed by atoms with Crippen LogP contribution in [0.4, 0.5) is 0 Å². The third kappa shape index (κ3) is 3.70. The lowest BCUT2D eigenvalue weighted by Gasteiger charge is -2.44. The first-order valence-electron chi connectivity index (χ1n) is 6.20. The molecule has 1 rings (SSSR count). The second kappa shape index (κ2) is 5.96. The van der Waals surface area contributed by atoms with Gasteiger partial charge in [-0.25, -0.2) is 0 Å². The summed E-state index contributed by atoms with van der Waals surface area (Å²) in [6.45, 7) is 5.52. The minimum absolute atomic E-state index is 0.0536. The Balaban J connectivity index is 2.44. The molecule has 0 aliphatic carbocycles. The maximum atomic E-state index is 9.62. The average molecular weight is 229 g/mol. The van der Waals surface area contributed by atoms with Gasteiger partial charge in [0, 0.05) is 24.7 Å². The summed E-state index contributed by atoms with van der Waals surface area (Å²) in [5.41, 5.74) is -0.0536. The zero-order valence-electron chi connectivity index (χ0n) is 11.2. The Morgan fingerprint density at radius 3 is 2.69 bits per heavy atom. The van der Waals surface area contributed by atoms with Gasteiger partial charge in [0.05, 0.1) is 6.61 Å². The summed E-state index contributed by atoms with van der Waals surface area (Å²) < 4.78 is 0. The molecule has 2 unspecified atom stereocenters. The lowest BCUT2D eigenvalue weighted by Crippen LogP contribution is -2.58. The van der Waals surface area contributed by atoms with Gasteiger partial charge in [-0.15, -0.1) is 0 Å². The van der Waals surface area contributed by atoms with E-state index in [2.05, 4.69) is 43.2 Å². The standard InChI is InChI=1S/C12H27N3O/c1-11-9-12(10-16,5-7-15(11)4)13-6-8-14(2)3/h11,13,16H,5-10H2,1-4H3. The molecule has 1 heterocycles. The molecular formula is C12H27N3O. The van der Waals surface area contributed by atoms with E-state index in [1.54, 1.807) is 0 Å². The van der Waals surface area contributed by atoms with E-state index >= 15 is 0 Å². The highest BCUT2D eigenvalue weighted by Gasteiger charge is 2.35. The predicted molar refractivity (Wildman–Crippen MR) is 67.7 cm³/mol.